The fourth-order valence-electron chi connectivity index (χ4n) is 3.55. The predicted octanol–water partition coefficient (Wildman–Crippen LogP) is 3.28. The number of fused-ring (bicyclic) bond motifs is 1. The van der Waals surface area contributed by atoms with E-state index in [0.717, 1.165) is 5.39 Å². The summed E-state index contributed by atoms with van der Waals surface area (Å²) in [7, 11) is 0. The van der Waals surface area contributed by atoms with Gasteiger partial charge in [-0.3, -0.25) is 9.59 Å². The van der Waals surface area contributed by atoms with Gasteiger partial charge in [-0.05, 0) is 37.3 Å². The summed E-state index contributed by atoms with van der Waals surface area (Å²) >= 11 is 0. The van der Waals surface area contributed by atoms with Crippen LogP contribution in [0.5, 0.6) is 0 Å². The second-order valence-electron chi connectivity index (χ2n) is 7.31. The molecule has 7 nitrogen and oxygen atoms in total. The first kappa shape index (κ1) is 20.6. The molecule has 1 amide bonds. The van der Waals surface area contributed by atoms with Crippen molar-refractivity contribution in [2.24, 2.45) is 0 Å². The van der Waals surface area contributed by atoms with Crippen LogP contribution in [-0.2, 0) is 9.53 Å². The zero-order chi connectivity index (χ0) is 22.0. The molecule has 1 fully saturated rings. The molecule has 1 aliphatic heterocycles. The minimum absolute atomic E-state index is 0.0447. The summed E-state index contributed by atoms with van der Waals surface area (Å²) in [5.41, 5.74) is 1.29. The second-order valence-corrected chi connectivity index (χ2v) is 7.31. The highest BCUT2D eigenvalue weighted by molar-refractivity contribution is 5.94. The maximum Gasteiger partial charge on any atom is 0.374 e. The number of hydrogen-bond donors (Lipinski definition) is 0. The zero-order valence-electron chi connectivity index (χ0n) is 17.0. The van der Waals surface area contributed by atoms with Gasteiger partial charge in [0.25, 0.3) is 5.91 Å². The average molecular weight is 424 g/mol. The number of furan rings is 1. The summed E-state index contributed by atoms with van der Waals surface area (Å²) in [5, 5.41) is 0.778. The highest BCUT2D eigenvalue weighted by atomic mass is 19.1. The van der Waals surface area contributed by atoms with Crippen molar-refractivity contribution in [3.63, 3.8) is 0 Å². The standard InChI is InChI=1S/C23H21FN2O5/c1-15(27)16-6-7-19(18(24)12-16)25-8-10-26(11-9-25)22(28)14-30-23(29)21-13-17-4-2-3-5-20(17)31-21/h2-7,12-13H,8-11,14H2,1H3. The van der Waals surface area contributed by atoms with Crippen LogP contribution in [0.3, 0.4) is 0 Å². The van der Waals surface area contributed by atoms with Gasteiger partial charge in [0.2, 0.25) is 5.76 Å². The third kappa shape index (κ3) is 4.42. The Labute approximate surface area is 178 Å². The SMILES string of the molecule is CC(=O)c1ccc(N2CCN(C(=O)COC(=O)c3cc4ccccc4o3)CC2)c(F)c1. The number of halogens is 1. The van der Waals surface area contributed by atoms with Gasteiger partial charge < -0.3 is 19.0 Å². The monoisotopic (exact) mass is 424 g/mol. The molecular formula is C23H21FN2O5. The Morgan fingerprint density at radius 1 is 1.03 bits per heavy atom. The van der Waals surface area contributed by atoms with E-state index in [9.17, 15) is 18.8 Å². The molecule has 3 aromatic rings. The molecule has 0 radical (unpaired) electrons. The lowest BCUT2D eigenvalue weighted by molar-refractivity contribution is -0.134. The topological polar surface area (TPSA) is 80.1 Å². The van der Waals surface area contributed by atoms with Gasteiger partial charge in [-0.1, -0.05) is 18.2 Å². The van der Waals surface area contributed by atoms with Crippen LogP contribution in [-0.4, -0.2) is 55.3 Å². The molecule has 0 atom stereocenters. The van der Waals surface area contributed by atoms with Crippen molar-refractivity contribution in [1.82, 2.24) is 4.90 Å². The van der Waals surface area contributed by atoms with Crippen LogP contribution in [0.15, 0.2) is 52.9 Å². The van der Waals surface area contributed by atoms with Crippen molar-refractivity contribution in [2.75, 3.05) is 37.7 Å². The third-order valence-corrected chi connectivity index (χ3v) is 5.28. The van der Waals surface area contributed by atoms with Gasteiger partial charge in [0.05, 0.1) is 5.69 Å². The van der Waals surface area contributed by atoms with Crippen LogP contribution >= 0.6 is 0 Å². The van der Waals surface area contributed by atoms with Crippen molar-refractivity contribution in [1.29, 1.82) is 0 Å². The Morgan fingerprint density at radius 3 is 2.45 bits per heavy atom. The number of hydrogen-bond acceptors (Lipinski definition) is 6. The van der Waals surface area contributed by atoms with Gasteiger partial charge >= 0.3 is 5.97 Å². The number of para-hydroxylation sites is 1. The molecule has 1 aliphatic rings. The van der Waals surface area contributed by atoms with Crippen molar-refractivity contribution >= 4 is 34.3 Å². The molecule has 0 unspecified atom stereocenters. The summed E-state index contributed by atoms with van der Waals surface area (Å²) in [5.74, 6) is -1.64. The zero-order valence-corrected chi connectivity index (χ0v) is 17.0. The molecule has 0 aliphatic carbocycles. The number of benzene rings is 2. The Hall–Kier alpha value is -3.68. The molecule has 2 heterocycles. The number of ether oxygens (including phenoxy) is 1. The first-order valence-corrected chi connectivity index (χ1v) is 9.91. The van der Waals surface area contributed by atoms with Gasteiger partial charge in [-0.15, -0.1) is 0 Å². The molecular weight excluding hydrogens is 403 g/mol. The largest absolute Gasteiger partial charge is 0.450 e. The van der Waals surface area contributed by atoms with E-state index < -0.39 is 18.4 Å². The lowest BCUT2D eigenvalue weighted by Gasteiger charge is -2.36. The van der Waals surface area contributed by atoms with Crippen LogP contribution in [0.2, 0.25) is 0 Å². The van der Waals surface area contributed by atoms with E-state index in [1.165, 1.54) is 13.0 Å². The van der Waals surface area contributed by atoms with E-state index >= 15 is 0 Å². The summed E-state index contributed by atoms with van der Waals surface area (Å²) in [6.45, 7) is 2.60. The number of carbonyl (C=O) groups is 3. The molecule has 1 saturated heterocycles. The summed E-state index contributed by atoms with van der Waals surface area (Å²) < 4.78 is 24.9. The molecule has 0 saturated carbocycles. The number of esters is 1. The molecule has 160 valence electrons. The van der Waals surface area contributed by atoms with E-state index in [4.69, 9.17) is 9.15 Å². The number of ketones is 1. The lowest BCUT2D eigenvalue weighted by atomic mass is 10.1. The van der Waals surface area contributed by atoms with E-state index in [1.54, 1.807) is 35.2 Å². The highest BCUT2D eigenvalue weighted by Crippen LogP contribution is 2.23. The van der Waals surface area contributed by atoms with Crippen molar-refractivity contribution in [3.05, 3.63) is 65.7 Å². The van der Waals surface area contributed by atoms with Gasteiger partial charge in [0.1, 0.15) is 11.4 Å². The number of anilines is 1. The molecule has 31 heavy (non-hydrogen) atoms. The number of rotatable bonds is 5. The molecule has 4 rings (SSSR count). The fraction of sp³-hybridized carbons (Fsp3) is 0.261. The first-order valence-electron chi connectivity index (χ1n) is 9.91. The van der Waals surface area contributed by atoms with Crippen molar-refractivity contribution < 1.29 is 27.9 Å². The Kier molecular flexibility index (Phi) is 5.70. The van der Waals surface area contributed by atoms with Crippen LogP contribution in [0, 0.1) is 5.82 Å². The quantitative estimate of drug-likeness (QED) is 0.462. The van der Waals surface area contributed by atoms with E-state index in [1.807, 2.05) is 17.0 Å². The van der Waals surface area contributed by atoms with E-state index in [0.29, 0.717) is 43.0 Å². The maximum absolute atomic E-state index is 14.4. The normalized spacial score (nSPS) is 14.0. The van der Waals surface area contributed by atoms with Crippen LogP contribution < -0.4 is 4.90 Å². The number of piperazine rings is 1. The van der Waals surface area contributed by atoms with E-state index in [2.05, 4.69) is 0 Å². The number of carbonyl (C=O) groups excluding carboxylic acids is 3. The highest BCUT2D eigenvalue weighted by Gasteiger charge is 2.24. The third-order valence-electron chi connectivity index (χ3n) is 5.28. The molecule has 0 spiro atoms. The van der Waals surface area contributed by atoms with Gasteiger partial charge in [0.15, 0.2) is 12.4 Å². The molecule has 2 aromatic carbocycles. The maximum atomic E-state index is 14.4. The Bertz CT molecular complexity index is 1110. The van der Waals surface area contributed by atoms with Gasteiger partial charge in [-0.2, -0.15) is 0 Å². The van der Waals surface area contributed by atoms with E-state index in [-0.39, 0.29) is 17.5 Å². The predicted molar refractivity (Wildman–Crippen MR) is 112 cm³/mol. The van der Waals surface area contributed by atoms with Crippen LogP contribution in [0.4, 0.5) is 10.1 Å². The minimum atomic E-state index is -0.698. The number of amides is 1. The molecule has 1 aromatic heterocycles. The molecule has 0 bridgehead atoms. The molecule has 0 N–H and O–H groups in total. The molecule has 8 heteroatoms. The smallest absolute Gasteiger partial charge is 0.374 e. The second kappa shape index (κ2) is 8.59. The Balaban J connectivity index is 1.30. The Morgan fingerprint density at radius 2 is 1.77 bits per heavy atom. The van der Waals surface area contributed by atoms with Crippen LogP contribution in [0.25, 0.3) is 11.0 Å². The van der Waals surface area contributed by atoms with Crippen LogP contribution in [0.1, 0.15) is 27.8 Å². The van der Waals surface area contributed by atoms with Gasteiger partial charge in [-0.25, -0.2) is 9.18 Å². The van der Waals surface area contributed by atoms with Crippen molar-refractivity contribution in [3.8, 4) is 0 Å². The summed E-state index contributed by atoms with van der Waals surface area (Å²) in [6.07, 6.45) is 0. The average Bonchev–Trinajstić information content (AvgIpc) is 3.22. The lowest BCUT2D eigenvalue weighted by Crippen LogP contribution is -2.50. The fourth-order valence-corrected chi connectivity index (χ4v) is 3.55. The summed E-state index contributed by atoms with van der Waals surface area (Å²) in [6, 6.07) is 13.2. The number of Topliss-reactive ketones (excluding diaryl/α,β-unsaturated/α-hetero) is 1. The first-order chi connectivity index (χ1) is 14.9. The number of nitrogens with zero attached hydrogens (tertiary/aromatic N) is 2. The minimum Gasteiger partial charge on any atom is -0.450 e. The van der Waals surface area contributed by atoms with Crippen molar-refractivity contribution in [2.45, 2.75) is 6.92 Å². The van der Waals surface area contributed by atoms with Gasteiger partial charge in [0, 0.05) is 37.1 Å². The summed E-state index contributed by atoms with van der Waals surface area (Å²) in [4.78, 5) is 39.4.